The van der Waals surface area contributed by atoms with Crippen molar-refractivity contribution in [2.45, 2.75) is 4.90 Å². The van der Waals surface area contributed by atoms with Crippen molar-refractivity contribution in [3.63, 3.8) is 0 Å². The van der Waals surface area contributed by atoms with Crippen LogP contribution < -0.4 is 14.9 Å². The molecule has 0 radical (unpaired) electrons. The maximum absolute atomic E-state index is 13.0. The van der Waals surface area contributed by atoms with Crippen molar-refractivity contribution in [1.82, 2.24) is 4.98 Å². The van der Waals surface area contributed by atoms with Gasteiger partial charge in [0.2, 0.25) is 0 Å². The van der Waals surface area contributed by atoms with Crippen LogP contribution in [-0.4, -0.2) is 31.6 Å². The lowest BCUT2D eigenvalue weighted by atomic mass is 10.3. The lowest BCUT2D eigenvalue weighted by molar-refractivity contribution is -0.385. The molecule has 0 atom stereocenters. The number of benzene rings is 2. The largest absolute Gasteiger partial charge is 0.495 e. The summed E-state index contributed by atoms with van der Waals surface area (Å²) in [4.78, 5) is 14.1. The molecule has 0 aliphatic rings. The number of para-hydroxylation sites is 2. The smallest absolute Gasteiger partial charge is 0.270 e. The zero-order chi connectivity index (χ0) is 21.6. The van der Waals surface area contributed by atoms with E-state index in [0.29, 0.717) is 11.3 Å². The van der Waals surface area contributed by atoms with Crippen LogP contribution in [0.2, 0.25) is 0 Å². The van der Waals surface area contributed by atoms with Gasteiger partial charge in [0.05, 0.1) is 29.6 Å². The van der Waals surface area contributed by atoms with E-state index in [1.54, 1.807) is 42.7 Å². The molecular weight excluding hydrogens is 410 g/mol. The quantitative estimate of drug-likeness (QED) is 0.320. The molecule has 30 heavy (non-hydrogen) atoms. The molecule has 0 aliphatic heterocycles. The summed E-state index contributed by atoms with van der Waals surface area (Å²) in [7, 11) is -2.81. The van der Waals surface area contributed by atoms with Crippen molar-refractivity contribution < 1.29 is 18.1 Å². The van der Waals surface area contributed by atoms with Gasteiger partial charge in [0, 0.05) is 30.1 Å². The average Bonchev–Trinajstić information content (AvgIpc) is 2.74. The predicted octanol–water partition coefficient (Wildman–Crippen LogP) is 3.25. The van der Waals surface area contributed by atoms with Crippen molar-refractivity contribution in [3.05, 3.63) is 82.7 Å². The number of hydrogen-bond donors (Lipinski definition) is 2. The van der Waals surface area contributed by atoms with Crippen LogP contribution in [0.15, 0.2) is 77.0 Å². The monoisotopic (exact) mass is 427 g/mol. The Hall–Kier alpha value is -3.99. The van der Waals surface area contributed by atoms with Crippen molar-refractivity contribution >= 4 is 33.3 Å². The molecular formula is C19H17N5O5S. The molecule has 0 aliphatic carbocycles. The van der Waals surface area contributed by atoms with E-state index in [4.69, 9.17) is 4.74 Å². The first-order valence-electron chi connectivity index (χ1n) is 8.54. The van der Waals surface area contributed by atoms with E-state index in [0.717, 1.165) is 6.07 Å². The minimum absolute atomic E-state index is 0.0585. The third kappa shape index (κ3) is 4.89. The van der Waals surface area contributed by atoms with Crippen molar-refractivity contribution in [3.8, 4) is 5.75 Å². The van der Waals surface area contributed by atoms with Gasteiger partial charge >= 0.3 is 0 Å². The number of pyridine rings is 1. The van der Waals surface area contributed by atoms with Crippen LogP contribution in [0.1, 0.15) is 5.56 Å². The first-order valence-corrected chi connectivity index (χ1v) is 10.0. The Kier molecular flexibility index (Phi) is 6.23. The molecule has 3 rings (SSSR count). The van der Waals surface area contributed by atoms with E-state index in [1.807, 2.05) is 0 Å². The first kappa shape index (κ1) is 20.7. The van der Waals surface area contributed by atoms with E-state index in [1.165, 1.54) is 31.5 Å². The number of aromatic nitrogens is 1. The van der Waals surface area contributed by atoms with Crippen molar-refractivity contribution in [1.29, 1.82) is 0 Å². The molecule has 3 aromatic rings. The van der Waals surface area contributed by atoms with Crippen LogP contribution in [-0.2, 0) is 10.0 Å². The highest BCUT2D eigenvalue weighted by Gasteiger charge is 2.23. The molecule has 154 valence electrons. The lowest BCUT2D eigenvalue weighted by Gasteiger charge is -2.14. The second-order valence-electron chi connectivity index (χ2n) is 5.90. The number of rotatable bonds is 8. The Balaban J connectivity index is 1.97. The fourth-order valence-corrected chi connectivity index (χ4v) is 3.74. The number of nitrogens with zero attached hydrogens (tertiary/aromatic N) is 3. The number of hydrazone groups is 1. The number of non-ortho nitro benzene ring substituents is 1. The summed E-state index contributed by atoms with van der Waals surface area (Å²) >= 11 is 0. The number of methoxy groups -OCH3 is 1. The van der Waals surface area contributed by atoms with Crippen molar-refractivity contribution in [2.24, 2.45) is 5.10 Å². The minimum atomic E-state index is -4.21. The summed E-state index contributed by atoms with van der Waals surface area (Å²) in [5.41, 5.74) is 3.17. The van der Waals surface area contributed by atoms with Crippen LogP contribution in [0.25, 0.3) is 0 Å². The van der Waals surface area contributed by atoms with Crippen LogP contribution in [0, 0.1) is 10.1 Å². The van der Waals surface area contributed by atoms with E-state index in [-0.39, 0.29) is 22.0 Å². The summed E-state index contributed by atoms with van der Waals surface area (Å²) in [6.45, 7) is 0. The third-order valence-corrected chi connectivity index (χ3v) is 5.31. The van der Waals surface area contributed by atoms with Gasteiger partial charge in [0.25, 0.3) is 15.7 Å². The van der Waals surface area contributed by atoms with Gasteiger partial charge in [-0.05, 0) is 24.3 Å². The molecule has 0 fully saturated rings. The zero-order valence-electron chi connectivity index (χ0n) is 15.7. The SMILES string of the molecule is COc1ccccc1NS(=O)(=O)c1cc([N+](=O)[O-])ccc1N/N=C/c1cccnc1. The summed E-state index contributed by atoms with van der Waals surface area (Å²) in [5, 5.41) is 15.2. The maximum Gasteiger partial charge on any atom is 0.270 e. The van der Waals surface area contributed by atoms with Gasteiger partial charge in [-0.2, -0.15) is 5.10 Å². The Bertz CT molecular complexity index is 1180. The first-order chi connectivity index (χ1) is 14.4. The highest BCUT2D eigenvalue weighted by Crippen LogP contribution is 2.31. The highest BCUT2D eigenvalue weighted by molar-refractivity contribution is 7.93. The highest BCUT2D eigenvalue weighted by atomic mass is 32.2. The molecule has 0 unspecified atom stereocenters. The molecule has 0 amide bonds. The van der Waals surface area contributed by atoms with Crippen molar-refractivity contribution in [2.75, 3.05) is 17.3 Å². The number of nitrogens with one attached hydrogen (secondary N) is 2. The number of anilines is 2. The molecule has 0 bridgehead atoms. The van der Waals surface area contributed by atoms with Crippen LogP contribution in [0.4, 0.5) is 17.1 Å². The molecule has 1 heterocycles. The van der Waals surface area contributed by atoms with Gasteiger partial charge in [-0.3, -0.25) is 25.2 Å². The second kappa shape index (κ2) is 9.01. The van der Waals surface area contributed by atoms with E-state index in [9.17, 15) is 18.5 Å². The fourth-order valence-electron chi connectivity index (χ4n) is 2.50. The predicted molar refractivity (Wildman–Crippen MR) is 112 cm³/mol. The molecule has 10 nitrogen and oxygen atoms in total. The van der Waals surface area contributed by atoms with E-state index < -0.39 is 14.9 Å². The van der Waals surface area contributed by atoms with Gasteiger partial charge in [-0.1, -0.05) is 18.2 Å². The molecule has 11 heteroatoms. The molecule has 2 aromatic carbocycles. The van der Waals surface area contributed by atoms with Gasteiger partial charge in [-0.15, -0.1) is 0 Å². The Morgan fingerprint density at radius 2 is 1.93 bits per heavy atom. The van der Waals surface area contributed by atoms with E-state index in [2.05, 4.69) is 20.2 Å². The van der Waals surface area contributed by atoms with Gasteiger partial charge < -0.3 is 4.74 Å². The van der Waals surface area contributed by atoms with Crippen LogP contribution in [0.5, 0.6) is 5.75 Å². The number of nitro benzene ring substituents is 1. The second-order valence-corrected chi connectivity index (χ2v) is 7.55. The van der Waals surface area contributed by atoms with Gasteiger partial charge in [-0.25, -0.2) is 8.42 Å². The number of nitro groups is 1. The van der Waals surface area contributed by atoms with Crippen LogP contribution >= 0.6 is 0 Å². The Morgan fingerprint density at radius 1 is 1.13 bits per heavy atom. The minimum Gasteiger partial charge on any atom is -0.495 e. The molecule has 2 N–H and O–H groups in total. The number of sulfonamides is 1. The topological polar surface area (TPSA) is 136 Å². The third-order valence-electron chi connectivity index (χ3n) is 3.90. The van der Waals surface area contributed by atoms with E-state index >= 15 is 0 Å². The Morgan fingerprint density at radius 3 is 2.63 bits per heavy atom. The van der Waals surface area contributed by atoms with Crippen LogP contribution in [0.3, 0.4) is 0 Å². The Labute approximate surface area is 172 Å². The van der Waals surface area contributed by atoms with Gasteiger partial charge in [0.15, 0.2) is 0 Å². The standard InChI is InChI=1S/C19H17N5O5S/c1-29-18-7-3-2-6-16(18)23-30(27,28)19-11-15(24(25)26)8-9-17(19)22-21-13-14-5-4-10-20-12-14/h2-13,22-23H,1H3/b21-13+. The molecule has 0 spiro atoms. The molecule has 1 aromatic heterocycles. The number of hydrogen-bond acceptors (Lipinski definition) is 8. The lowest BCUT2D eigenvalue weighted by Crippen LogP contribution is -2.15. The normalized spacial score (nSPS) is 11.2. The maximum atomic E-state index is 13.0. The summed E-state index contributed by atoms with van der Waals surface area (Å²) in [6.07, 6.45) is 4.62. The van der Waals surface area contributed by atoms with Gasteiger partial charge in [0.1, 0.15) is 10.6 Å². The summed E-state index contributed by atoms with van der Waals surface area (Å²) < 4.78 is 33.6. The average molecular weight is 427 g/mol. The zero-order valence-corrected chi connectivity index (χ0v) is 16.5. The summed E-state index contributed by atoms with van der Waals surface area (Å²) in [5.74, 6) is 0.301. The fraction of sp³-hybridized carbons (Fsp3) is 0.0526. The number of ether oxygens (including phenoxy) is 1. The molecule has 0 saturated carbocycles. The molecule has 0 saturated heterocycles. The summed E-state index contributed by atoms with van der Waals surface area (Å²) in [6, 6.07) is 13.3.